The second-order valence-electron chi connectivity index (χ2n) is 15.3. The number of rotatable bonds is 10. The number of fused-ring (bicyclic) bond motifs is 5. The summed E-state index contributed by atoms with van der Waals surface area (Å²) < 4.78 is 17.8. The number of hydrogen-bond acceptors (Lipinski definition) is 7. The van der Waals surface area contributed by atoms with Gasteiger partial charge in [-0.1, -0.05) is 77.9 Å². The first-order valence-corrected chi connectivity index (χ1v) is 19.6. The van der Waals surface area contributed by atoms with Crippen LogP contribution in [0.25, 0.3) is 11.1 Å². The van der Waals surface area contributed by atoms with E-state index >= 15 is 4.39 Å². The van der Waals surface area contributed by atoms with Crippen LogP contribution in [0.2, 0.25) is 0 Å². The Hall–Kier alpha value is -4.98. The summed E-state index contributed by atoms with van der Waals surface area (Å²) in [5.41, 5.74) is 2.78. The largest absolute Gasteiger partial charge is 0.480 e. The molecule has 1 aliphatic rings. The van der Waals surface area contributed by atoms with E-state index in [0.29, 0.717) is 17.7 Å². The molecular formula is C41H52FN5O7S. The third kappa shape index (κ3) is 12.0. The molecule has 0 radical (unpaired) electrons. The number of carboxylic acid groups (broad SMARTS) is 1. The first-order chi connectivity index (χ1) is 26.0. The van der Waals surface area contributed by atoms with Crippen molar-refractivity contribution in [3.8, 4) is 11.1 Å². The maximum absolute atomic E-state index is 15.8. The van der Waals surface area contributed by atoms with Crippen molar-refractivity contribution in [1.82, 2.24) is 25.8 Å². The number of nitrogens with zero attached hydrogens (tertiary/aromatic N) is 1. The lowest BCUT2D eigenvalue weighted by Crippen LogP contribution is -2.58. The summed E-state index contributed by atoms with van der Waals surface area (Å²) >= 11 is 1.09. The number of carbonyl (C=O) groups is 6. The van der Waals surface area contributed by atoms with Gasteiger partial charge in [-0.3, -0.25) is 24.0 Å². The third-order valence-electron chi connectivity index (χ3n) is 9.57. The van der Waals surface area contributed by atoms with E-state index in [1.54, 1.807) is 26.8 Å². The summed E-state index contributed by atoms with van der Waals surface area (Å²) in [6.45, 7) is 11.3. The number of amides is 4. The van der Waals surface area contributed by atoms with Gasteiger partial charge in [0.05, 0.1) is 12.3 Å². The average Bonchev–Trinajstić information content (AvgIpc) is 3.53. The van der Waals surface area contributed by atoms with Gasteiger partial charge >= 0.3 is 5.97 Å². The van der Waals surface area contributed by atoms with Gasteiger partial charge in [0, 0.05) is 60.5 Å². The zero-order valence-electron chi connectivity index (χ0n) is 32.2. The molecule has 0 aliphatic carbocycles. The highest BCUT2D eigenvalue weighted by molar-refractivity contribution is 8.00. The van der Waals surface area contributed by atoms with E-state index in [1.165, 1.54) is 12.1 Å². The Morgan fingerprint density at radius 1 is 1.02 bits per heavy atom. The number of aromatic nitrogens is 1. The van der Waals surface area contributed by atoms with E-state index in [9.17, 15) is 33.9 Å². The Labute approximate surface area is 325 Å². The van der Waals surface area contributed by atoms with Crippen molar-refractivity contribution in [2.75, 3.05) is 18.1 Å². The van der Waals surface area contributed by atoms with E-state index in [2.05, 4.69) is 21.3 Å². The molecule has 4 atom stereocenters. The van der Waals surface area contributed by atoms with Gasteiger partial charge in [0.1, 0.15) is 29.7 Å². The van der Waals surface area contributed by atoms with Gasteiger partial charge in [0.25, 0.3) is 0 Å². The second kappa shape index (κ2) is 19.1. The number of thioether (sulfide) groups is 1. The van der Waals surface area contributed by atoms with Crippen molar-refractivity contribution >= 4 is 47.1 Å². The Morgan fingerprint density at radius 2 is 1.73 bits per heavy atom. The Bertz CT molecular complexity index is 1870. The number of halogens is 1. The zero-order chi connectivity index (χ0) is 40.4. The molecular weight excluding hydrogens is 726 g/mol. The maximum Gasteiger partial charge on any atom is 0.327 e. The van der Waals surface area contributed by atoms with Gasteiger partial charge in [0.15, 0.2) is 0 Å². The van der Waals surface area contributed by atoms with Gasteiger partial charge in [-0.25, -0.2) is 9.18 Å². The lowest BCUT2D eigenvalue weighted by molar-refractivity contribution is -0.141. The van der Waals surface area contributed by atoms with E-state index in [4.69, 9.17) is 0 Å². The minimum Gasteiger partial charge on any atom is -0.480 e. The highest BCUT2D eigenvalue weighted by atomic mass is 32.2. The summed E-state index contributed by atoms with van der Waals surface area (Å²) in [6.07, 6.45) is 2.06. The number of carbonyl (C=O) groups excluding carboxylic acids is 5. The van der Waals surface area contributed by atoms with Gasteiger partial charge in [-0.15, -0.1) is 0 Å². The molecule has 296 valence electrons. The number of nitrogens with one attached hydrogen (secondary N) is 4. The van der Waals surface area contributed by atoms with Crippen LogP contribution in [-0.2, 0) is 41.7 Å². The molecule has 0 spiro atoms. The minimum absolute atomic E-state index is 0.00251. The molecule has 55 heavy (non-hydrogen) atoms. The fourth-order valence-electron chi connectivity index (χ4n) is 6.46. The fraction of sp³-hybridized carbons (Fsp3) is 0.463. The minimum atomic E-state index is -1.39. The van der Waals surface area contributed by atoms with Crippen molar-refractivity contribution in [3.05, 3.63) is 83.4 Å². The lowest BCUT2D eigenvalue weighted by atomic mass is 9.75. The zero-order valence-corrected chi connectivity index (χ0v) is 33.1. The van der Waals surface area contributed by atoms with Crippen LogP contribution < -0.4 is 21.3 Å². The Balaban J connectivity index is 1.78. The summed E-state index contributed by atoms with van der Waals surface area (Å²) in [5, 5.41) is 20.3. The molecule has 0 fully saturated rings. The molecule has 5 N–H and O–H groups in total. The molecule has 12 nitrogen and oxygen atoms in total. The van der Waals surface area contributed by atoms with Crippen molar-refractivity contribution < 1.29 is 38.3 Å². The molecule has 4 bridgehead atoms. The molecule has 1 unspecified atom stereocenters. The van der Waals surface area contributed by atoms with Crippen molar-refractivity contribution in [1.29, 1.82) is 0 Å². The summed E-state index contributed by atoms with van der Waals surface area (Å²) in [6, 6.07) is 12.3. The SMILES string of the molecule is CCC(=O)NCC(=O)NC(C(=O)N[C@H]1Cc2ccc(F)c(c2)-c2cc(n(Cc3ccccc3)c2)[C@@H](C(C)(C)C)CC(=O)CSC[C@@H](C(=O)O)NC1=O)C(C)C. The van der Waals surface area contributed by atoms with Crippen molar-refractivity contribution in [3.63, 3.8) is 0 Å². The average molecular weight is 778 g/mol. The monoisotopic (exact) mass is 777 g/mol. The number of carboxylic acids is 1. The Kier molecular flexibility index (Phi) is 14.8. The smallest absolute Gasteiger partial charge is 0.327 e. The van der Waals surface area contributed by atoms with Crippen LogP contribution in [0.15, 0.2) is 60.8 Å². The molecule has 3 aromatic rings. The van der Waals surface area contributed by atoms with Gasteiger partial charge in [0.2, 0.25) is 23.6 Å². The molecule has 0 saturated heterocycles. The van der Waals surface area contributed by atoms with E-state index in [1.807, 2.05) is 67.9 Å². The molecule has 14 heteroatoms. The van der Waals surface area contributed by atoms with E-state index in [-0.39, 0.29) is 65.9 Å². The highest BCUT2D eigenvalue weighted by Crippen LogP contribution is 2.41. The number of hydrogen-bond donors (Lipinski definition) is 5. The van der Waals surface area contributed by atoms with Crippen LogP contribution in [0.3, 0.4) is 0 Å². The van der Waals surface area contributed by atoms with E-state index in [0.717, 1.165) is 23.0 Å². The molecule has 4 rings (SSSR count). The molecule has 1 aromatic heterocycles. The van der Waals surface area contributed by atoms with E-state index < -0.39 is 53.6 Å². The van der Waals surface area contributed by atoms with Crippen LogP contribution in [-0.4, -0.2) is 81.2 Å². The second-order valence-corrected chi connectivity index (χ2v) is 16.4. The number of ketones is 1. The first-order valence-electron chi connectivity index (χ1n) is 18.5. The normalized spacial score (nSPS) is 18.8. The standard InChI is InChI=1S/C41H52FN5O7S/c1-7-35(49)43-19-36(50)46-37(24(2)3)39(52)44-32-16-26-13-14-31(42)29(15-26)27-17-34(47(21-27)20-25-11-9-8-10-12-25)30(41(4,5)6)18-28(48)22-55-23-33(40(53)54)45-38(32)51/h8-15,17,21,24,30,32-33,37H,7,16,18-20,22-23H2,1-6H3,(H,43,49)(H,44,52)(H,45,51)(H,46,50)(H,53,54)/t30-,32-,33-,37?/m0/s1. The number of Topliss-reactive ketones (excluding diaryl/α,β-unsaturated/α-hetero) is 1. The van der Waals surface area contributed by atoms with Gasteiger partial charge < -0.3 is 30.9 Å². The predicted molar refractivity (Wildman–Crippen MR) is 210 cm³/mol. The molecule has 2 heterocycles. The number of aliphatic carboxylic acids is 1. The van der Waals surface area contributed by atoms with Crippen LogP contribution >= 0.6 is 11.8 Å². The Morgan fingerprint density at radius 3 is 2.36 bits per heavy atom. The summed E-state index contributed by atoms with van der Waals surface area (Å²) in [7, 11) is 0. The quantitative estimate of drug-likeness (QED) is 0.201. The van der Waals surface area contributed by atoms with Crippen molar-refractivity contribution in [2.45, 2.75) is 91.4 Å². The van der Waals surface area contributed by atoms with Gasteiger partial charge in [-0.2, -0.15) is 11.8 Å². The first kappa shape index (κ1) is 42.8. The third-order valence-corrected chi connectivity index (χ3v) is 10.7. The molecule has 1 aliphatic heterocycles. The van der Waals surface area contributed by atoms with Crippen LogP contribution in [0.5, 0.6) is 0 Å². The molecule has 4 amide bonds. The maximum atomic E-state index is 15.8. The molecule has 2 aromatic carbocycles. The highest BCUT2D eigenvalue weighted by Gasteiger charge is 2.34. The van der Waals surface area contributed by atoms with Crippen LogP contribution in [0.1, 0.15) is 77.1 Å². The predicted octanol–water partition coefficient (Wildman–Crippen LogP) is 4.44. The summed E-state index contributed by atoms with van der Waals surface area (Å²) in [4.78, 5) is 77.8. The van der Waals surface area contributed by atoms with Crippen LogP contribution in [0.4, 0.5) is 4.39 Å². The lowest BCUT2D eigenvalue weighted by Gasteiger charge is -2.31. The van der Waals surface area contributed by atoms with Crippen LogP contribution in [0, 0.1) is 17.2 Å². The van der Waals surface area contributed by atoms with Gasteiger partial charge in [-0.05, 0) is 40.7 Å². The topological polar surface area (TPSA) is 176 Å². The van der Waals surface area contributed by atoms with Crippen molar-refractivity contribution in [2.24, 2.45) is 11.3 Å². The molecule has 0 saturated carbocycles. The number of benzene rings is 2. The fourth-order valence-corrected chi connectivity index (χ4v) is 7.38. The summed E-state index contributed by atoms with van der Waals surface area (Å²) in [5.74, 6) is -5.22.